The summed E-state index contributed by atoms with van der Waals surface area (Å²) in [5, 5.41) is 4.76. The number of hydrogen-bond acceptors (Lipinski definition) is 4. The highest BCUT2D eigenvalue weighted by molar-refractivity contribution is 6.02. The fourth-order valence-electron chi connectivity index (χ4n) is 3.46. The van der Waals surface area contributed by atoms with Gasteiger partial charge in [-0.1, -0.05) is 24.3 Å². The van der Waals surface area contributed by atoms with Crippen molar-refractivity contribution in [3.63, 3.8) is 0 Å². The first-order valence-corrected chi connectivity index (χ1v) is 8.99. The van der Waals surface area contributed by atoms with Crippen LogP contribution in [0.15, 0.2) is 52.4 Å². The minimum atomic E-state index is -0.327. The fourth-order valence-corrected chi connectivity index (χ4v) is 3.46. The number of fused-ring (bicyclic) bond motifs is 2. The van der Waals surface area contributed by atoms with Crippen molar-refractivity contribution in [3.05, 3.63) is 75.3 Å². The van der Waals surface area contributed by atoms with Crippen LogP contribution in [0.3, 0.4) is 0 Å². The lowest BCUT2D eigenvalue weighted by molar-refractivity contribution is 0.0955. The molecule has 1 aliphatic rings. The maximum atomic E-state index is 12.5. The summed E-state index contributed by atoms with van der Waals surface area (Å²) in [6.07, 6.45) is 1.72. The van der Waals surface area contributed by atoms with Crippen LogP contribution in [0.25, 0.3) is 10.9 Å². The largest absolute Gasteiger partial charge is 0.296 e. The van der Waals surface area contributed by atoms with E-state index in [-0.39, 0.29) is 11.5 Å². The zero-order chi connectivity index (χ0) is 19.0. The minimum Gasteiger partial charge on any atom is -0.296 e. The molecule has 0 bridgehead atoms. The summed E-state index contributed by atoms with van der Waals surface area (Å²) in [7, 11) is 0. The molecule has 0 aliphatic carbocycles. The second-order valence-electron chi connectivity index (χ2n) is 6.77. The molecule has 3 aromatic rings. The van der Waals surface area contributed by atoms with Gasteiger partial charge < -0.3 is 0 Å². The molecule has 0 fully saturated rings. The average Bonchev–Trinajstić information content (AvgIpc) is 3.14. The Bertz CT molecular complexity index is 1140. The molecule has 1 aliphatic heterocycles. The number of nitrogens with zero attached hydrogens (tertiary/aromatic N) is 3. The van der Waals surface area contributed by atoms with Gasteiger partial charge in [-0.2, -0.15) is 5.10 Å². The van der Waals surface area contributed by atoms with Crippen LogP contribution in [0.2, 0.25) is 0 Å². The Balaban J connectivity index is 1.62. The number of aryl methyl sites for hydroxylation is 2. The van der Waals surface area contributed by atoms with Crippen molar-refractivity contribution < 1.29 is 4.79 Å². The van der Waals surface area contributed by atoms with Gasteiger partial charge in [0.05, 0.1) is 16.6 Å². The lowest BCUT2D eigenvalue weighted by Crippen LogP contribution is -2.22. The summed E-state index contributed by atoms with van der Waals surface area (Å²) in [5.41, 5.74) is 6.36. The highest BCUT2D eigenvalue weighted by atomic mass is 16.2. The summed E-state index contributed by atoms with van der Waals surface area (Å²) < 4.78 is 1.72. The van der Waals surface area contributed by atoms with Crippen LogP contribution in [0.1, 0.15) is 40.7 Å². The summed E-state index contributed by atoms with van der Waals surface area (Å²) in [6.45, 7) is 4.57. The Kier molecular flexibility index (Phi) is 4.32. The normalized spacial score (nSPS) is 13.6. The maximum absolute atomic E-state index is 12.5. The molecule has 1 amide bonds. The van der Waals surface area contributed by atoms with Gasteiger partial charge in [0.1, 0.15) is 5.82 Å². The molecule has 4 rings (SSSR count). The van der Waals surface area contributed by atoms with Gasteiger partial charge in [0.25, 0.3) is 11.5 Å². The third-order valence-corrected chi connectivity index (χ3v) is 4.94. The summed E-state index contributed by atoms with van der Waals surface area (Å²) >= 11 is 0. The van der Waals surface area contributed by atoms with E-state index in [0.29, 0.717) is 23.0 Å². The van der Waals surface area contributed by atoms with E-state index in [1.165, 1.54) is 0 Å². The monoisotopic (exact) mass is 360 g/mol. The van der Waals surface area contributed by atoms with Crippen LogP contribution in [0, 0.1) is 6.92 Å². The van der Waals surface area contributed by atoms with Crippen LogP contribution in [-0.4, -0.2) is 21.2 Å². The van der Waals surface area contributed by atoms with Crippen LogP contribution in [-0.2, 0) is 13.0 Å². The highest BCUT2D eigenvalue weighted by Crippen LogP contribution is 2.16. The van der Waals surface area contributed by atoms with Gasteiger partial charge in [-0.25, -0.2) is 10.4 Å². The summed E-state index contributed by atoms with van der Waals surface area (Å²) in [4.78, 5) is 29.6. The van der Waals surface area contributed by atoms with Crippen LogP contribution >= 0.6 is 0 Å². The predicted octanol–water partition coefficient (Wildman–Crippen LogP) is 2.81. The van der Waals surface area contributed by atoms with Crippen LogP contribution in [0.4, 0.5) is 0 Å². The van der Waals surface area contributed by atoms with Gasteiger partial charge in [0.15, 0.2) is 0 Å². The molecule has 0 saturated heterocycles. The number of carbonyl (C=O) groups excluding carboxylic acids is 1. The topological polar surface area (TPSA) is 76.3 Å². The molecular weight excluding hydrogens is 340 g/mol. The van der Waals surface area contributed by atoms with Gasteiger partial charge >= 0.3 is 0 Å². The van der Waals surface area contributed by atoms with E-state index < -0.39 is 0 Å². The van der Waals surface area contributed by atoms with Gasteiger partial charge in [0, 0.05) is 24.1 Å². The van der Waals surface area contributed by atoms with E-state index in [9.17, 15) is 9.59 Å². The fraction of sp³-hybridized carbons (Fsp3) is 0.238. The first kappa shape index (κ1) is 17.1. The van der Waals surface area contributed by atoms with Crippen LogP contribution in [0.5, 0.6) is 0 Å². The van der Waals surface area contributed by atoms with Crippen molar-refractivity contribution in [2.45, 2.75) is 33.2 Å². The predicted molar refractivity (Wildman–Crippen MR) is 105 cm³/mol. The number of aromatic nitrogens is 2. The number of nitrogens with one attached hydrogen (secondary N) is 1. The Hall–Kier alpha value is -3.28. The first-order chi connectivity index (χ1) is 13.0. The van der Waals surface area contributed by atoms with Crippen molar-refractivity contribution >= 4 is 22.5 Å². The first-order valence-electron chi connectivity index (χ1n) is 8.99. The number of benzene rings is 2. The number of hydrogen-bond donors (Lipinski definition) is 1. The lowest BCUT2D eigenvalue weighted by Gasteiger charge is -2.07. The zero-order valence-corrected chi connectivity index (χ0v) is 15.3. The molecule has 27 heavy (non-hydrogen) atoms. The van der Waals surface area contributed by atoms with Crippen molar-refractivity contribution in [2.24, 2.45) is 5.10 Å². The molecule has 1 N–H and O–H groups in total. The molecule has 6 nitrogen and oxygen atoms in total. The Morgan fingerprint density at radius 1 is 1.22 bits per heavy atom. The van der Waals surface area contributed by atoms with E-state index in [0.717, 1.165) is 35.5 Å². The summed E-state index contributed by atoms with van der Waals surface area (Å²) in [5.74, 6) is 0.464. The van der Waals surface area contributed by atoms with Crippen LogP contribution < -0.4 is 11.0 Å². The molecule has 0 saturated carbocycles. The van der Waals surface area contributed by atoms with E-state index in [4.69, 9.17) is 0 Å². The van der Waals surface area contributed by atoms with E-state index in [1.54, 1.807) is 22.8 Å². The second-order valence-corrected chi connectivity index (χ2v) is 6.77. The number of rotatable bonds is 3. The maximum Gasteiger partial charge on any atom is 0.271 e. The zero-order valence-electron chi connectivity index (χ0n) is 15.3. The number of hydrazone groups is 1. The Morgan fingerprint density at radius 2 is 2.04 bits per heavy atom. The van der Waals surface area contributed by atoms with Crippen molar-refractivity contribution in [2.75, 3.05) is 0 Å². The molecule has 0 unspecified atom stereocenters. The molecule has 0 radical (unpaired) electrons. The van der Waals surface area contributed by atoms with E-state index in [1.807, 2.05) is 38.1 Å². The van der Waals surface area contributed by atoms with Crippen molar-refractivity contribution in [1.82, 2.24) is 15.0 Å². The summed E-state index contributed by atoms with van der Waals surface area (Å²) in [6, 6.07) is 12.8. The van der Waals surface area contributed by atoms with E-state index in [2.05, 4.69) is 15.5 Å². The van der Waals surface area contributed by atoms with E-state index >= 15 is 0 Å². The average molecular weight is 360 g/mol. The molecule has 1 aromatic heterocycles. The third kappa shape index (κ3) is 3.14. The molecule has 0 spiro atoms. The van der Waals surface area contributed by atoms with Crippen molar-refractivity contribution in [1.29, 1.82) is 0 Å². The molecule has 6 heteroatoms. The standard InChI is InChI=1S/C21H20N4O2/c1-13-6-3-4-7-16(13)14(2)23-24-20(26)15-9-10-17-18(12-15)22-19-8-5-11-25(19)21(17)27/h3-4,6-7,9-10,12H,5,8,11H2,1-2H3,(H,24,26)/b23-14-. The quantitative estimate of drug-likeness (QED) is 0.576. The molecule has 2 heterocycles. The van der Waals surface area contributed by atoms with Gasteiger partial charge in [-0.05, 0) is 44.0 Å². The number of carbonyl (C=O) groups is 1. The molecule has 136 valence electrons. The molecular formula is C21H20N4O2. The smallest absolute Gasteiger partial charge is 0.271 e. The molecule has 0 atom stereocenters. The van der Waals surface area contributed by atoms with Gasteiger partial charge in [-0.3, -0.25) is 14.2 Å². The van der Waals surface area contributed by atoms with Crippen molar-refractivity contribution in [3.8, 4) is 0 Å². The van der Waals surface area contributed by atoms with Gasteiger partial charge in [0.2, 0.25) is 0 Å². The lowest BCUT2D eigenvalue weighted by atomic mass is 10.1. The minimum absolute atomic E-state index is 0.0344. The molecule has 2 aromatic carbocycles. The third-order valence-electron chi connectivity index (χ3n) is 4.94. The highest BCUT2D eigenvalue weighted by Gasteiger charge is 2.17. The van der Waals surface area contributed by atoms with Gasteiger partial charge in [-0.15, -0.1) is 0 Å². The Morgan fingerprint density at radius 3 is 2.85 bits per heavy atom. The number of amides is 1. The second kappa shape index (κ2) is 6.79. The Labute approximate surface area is 156 Å². The SMILES string of the molecule is C/C(=N/NC(=O)c1ccc2c(=O)n3c(nc2c1)CCC3)c1ccccc1C.